The molecule has 2 aliphatic rings. The molecule has 1 fully saturated rings. The van der Waals surface area contributed by atoms with E-state index in [1.807, 2.05) is 53.1 Å². The Labute approximate surface area is 257 Å². The lowest BCUT2D eigenvalue weighted by molar-refractivity contribution is -0.129. The number of nitriles is 1. The highest BCUT2D eigenvalue weighted by atomic mass is 32.1. The summed E-state index contributed by atoms with van der Waals surface area (Å²) in [6, 6.07) is 8.24. The topological polar surface area (TPSA) is 75.8 Å². The number of benzene rings is 1. The molecule has 0 bridgehead atoms. The third-order valence-electron chi connectivity index (χ3n) is 7.41. The van der Waals surface area contributed by atoms with Crippen LogP contribution in [0.4, 0.5) is 9.52 Å². The van der Waals surface area contributed by atoms with Crippen LogP contribution in [0.3, 0.4) is 0 Å². The minimum absolute atomic E-state index is 0.0902. The smallest absolute Gasteiger partial charge is 0.227 e. The zero-order chi connectivity index (χ0) is 31.1. The maximum atomic E-state index is 13.6. The van der Waals surface area contributed by atoms with Gasteiger partial charge in [0.05, 0.1) is 12.1 Å². The highest BCUT2D eigenvalue weighted by Crippen LogP contribution is 2.37. The van der Waals surface area contributed by atoms with Crippen molar-refractivity contribution in [1.29, 1.82) is 5.26 Å². The van der Waals surface area contributed by atoms with Crippen LogP contribution in [-0.2, 0) is 4.79 Å². The number of nitrogens with zero attached hydrogens (tertiary/aromatic N) is 6. The number of thiazole rings is 1. The fourth-order valence-corrected chi connectivity index (χ4v) is 5.76. The average molecular weight is 597 g/mol. The summed E-state index contributed by atoms with van der Waals surface area (Å²) in [5.74, 6) is 0.605. The quantitative estimate of drug-likeness (QED) is 0.263. The van der Waals surface area contributed by atoms with E-state index in [9.17, 15) is 14.4 Å². The van der Waals surface area contributed by atoms with Crippen LogP contribution in [0.25, 0.3) is 11.3 Å². The first-order valence-corrected chi connectivity index (χ1v) is 15.1. The van der Waals surface area contributed by atoms with Gasteiger partial charge in [0, 0.05) is 49.4 Å². The number of likely N-dealkylation sites (tertiary alicyclic amines) is 1. The maximum absolute atomic E-state index is 13.6. The van der Waals surface area contributed by atoms with Crippen LogP contribution >= 0.6 is 11.3 Å². The number of hydrogen-bond donors (Lipinski definition) is 0. The van der Waals surface area contributed by atoms with Crippen LogP contribution in [0.5, 0.6) is 0 Å². The predicted molar refractivity (Wildman–Crippen MR) is 174 cm³/mol. The molecule has 0 spiro atoms. The second kappa shape index (κ2) is 14.1. The minimum atomic E-state index is -0.345. The third kappa shape index (κ3) is 7.27. The Morgan fingerprint density at radius 3 is 2.58 bits per heavy atom. The molecule has 0 atom stereocenters. The van der Waals surface area contributed by atoms with Gasteiger partial charge in [0.2, 0.25) is 5.91 Å². The standard InChI is InChI=1S/C34H37FN6OS/c1-7-24(4)33(39(6)34-38-32(30(20-36)43-34)26-13-15-28(35)16-14-26)41-22-27(12-11-25(41)5)29(8-2)37-21-23(3)19-31(42)40-17-9-10-18-40/h8,11-16,21-22H,3,5,7,9-10,17-19H2,1-2,4,6H3/b29-8-,33-24+,37-21?. The van der Waals surface area contributed by atoms with Crippen molar-refractivity contribution in [2.75, 3.05) is 25.0 Å². The first kappa shape index (κ1) is 31.4. The van der Waals surface area contributed by atoms with Gasteiger partial charge < -0.3 is 14.7 Å². The molecule has 0 unspecified atom stereocenters. The van der Waals surface area contributed by atoms with Gasteiger partial charge in [0.25, 0.3) is 0 Å². The van der Waals surface area contributed by atoms with Crippen molar-refractivity contribution in [3.8, 4) is 17.3 Å². The highest BCUT2D eigenvalue weighted by Gasteiger charge is 2.25. The Kier molecular flexibility index (Phi) is 10.3. The summed E-state index contributed by atoms with van der Waals surface area (Å²) >= 11 is 1.28. The number of carbonyl (C=O) groups is 1. The monoisotopic (exact) mass is 596 g/mol. The molecule has 4 rings (SSSR count). The first-order chi connectivity index (χ1) is 20.7. The van der Waals surface area contributed by atoms with Crippen molar-refractivity contribution < 1.29 is 9.18 Å². The lowest BCUT2D eigenvalue weighted by Gasteiger charge is -2.34. The lowest BCUT2D eigenvalue weighted by Crippen LogP contribution is -2.31. The molecule has 1 saturated heterocycles. The molecular weight excluding hydrogens is 559 g/mol. The van der Waals surface area contributed by atoms with Crippen LogP contribution in [-0.4, -0.2) is 47.0 Å². The molecule has 1 amide bonds. The van der Waals surface area contributed by atoms with Crippen molar-refractivity contribution in [3.63, 3.8) is 0 Å². The van der Waals surface area contributed by atoms with Gasteiger partial charge >= 0.3 is 0 Å². The molecule has 0 N–H and O–H groups in total. The molecule has 222 valence electrons. The van der Waals surface area contributed by atoms with Crippen LogP contribution in [0, 0.1) is 17.1 Å². The normalized spacial score (nSPS) is 16.0. The van der Waals surface area contributed by atoms with E-state index in [0.29, 0.717) is 26.8 Å². The molecule has 0 saturated carbocycles. The second-order valence-electron chi connectivity index (χ2n) is 10.4. The number of rotatable bonds is 10. The molecule has 1 aromatic heterocycles. The summed E-state index contributed by atoms with van der Waals surface area (Å²) in [6.07, 6.45) is 12.6. The number of aromatic nitrogens is 1. The van der Waals surface area contributed by atoms with E-state index < -0.39 is 0 Å². The molecule has 0 aliphatic carbocycles. The lowest BCUT2D eigenvalue weighted by atomic mass is 10.1. The fourth-order valence-electron chi connectivity index (χ4n) is 4.91. The van der Waals surface area contributed by atoms with Crippen molar-refractivity contribution in [3.05, 3.63) is 106 Å². The number of anilines is 1. The largest absolute Gasteiger partial charge is 0.342 e. The zero-order valence-corrected chi connectivity index (χ0v) is 26.0. The zero-order valence-electron chi connectivity index (χ0n) is 25.2. The van der Waals surface area contributed by atoms with E-state index in [-0.39, 0.29) is 18.1 Å². The summed E-state index contributed by atoms with van der Waals surface area (Å²) in [4.78, 5) is 28.3. The number of allylic oxidation sites excluding steroid dienone is 4. The van der Waals surface area contributed by atoms with Crippen LogP contribution in [0.2, 0.25) is 0 Å². The van der Waals surface area contributed by atoms with E-state index >= 15 is 0 Å². The summed E-state index contributed by atoms with van der Waals surface area (Å²) in [6.45, 7) is 16.0. The predicted octanol–water partition coefficient (Wildman–Crippen LogP) is 7.71. The fraction of sp³-hybridized carbons (Fsp3) is 0.294. The summed E-state index contributed by atoms with van der Waals surface area (Å²) in [7, 11) is 1.91. The van der Waals surface area contributed by atoms with Gasteiger partial charge in [-0.3, -0.25) is 9.79 Å². The molecule has 3 heterocycles. The maximum Gasteiger partial charge on any atom is 0.227 e. The van der Waals surface area contributed by atoms with E-state index in [1.165, 1.54) is 23.5 Å². The van der Waals surface area contributed by atoms with Crippen molar-refractivity contribution in [2.45, 2.75) is 46.5 Å². The Hall–Kier alpha value is -4.55. The van der Waals surface area contributed by atoms with Gasteiger partial charge in [-0.25, -0.2) is 9.37 Å². The van der Waals surface area contributed by atoms with Gasteiger partial charge in [0.1, 0.15) is 28.3 Å². The first-order valence-electron chi connectivity index (χ1n) is 14.3. The van der Waals surface area contributed by atoms with E-state index in [2.05, 4.69) is 38.1 Å². The summed E-state index contributed by atoms with van der Waals surface area (Å²) in [5, 5.41) is 10.5. The molecule has 1 aromatic carbocycles. The summed E-state index contributed by atoms with van der Waals surface area (Å²) < 4.78 is 13.6. The van der Waals surface area contributed by atoms with Gasteiger partial charge in [-0.1, -0.05) is 37.5 Å². The molecular formula is C34H37FN6OS. The molecule has 2 aromatic rings. The Morgan fingerprint density at radius 2 is 1.95 bits per heavy atom. The third-order valence-corrected chi connectivity index (χ3v) is 8.44. The van der Waals surface area contributed by atoms with E-state index in [1.54, 1.807) is 18.3 Å². The van der Waals surface area contributed by atoms with Crippen LogP contribution < -0.4 is 4.90 Å². The van der Waals surface area contributed by atoms with Crippen molar-refractivity contribution in [1.82, 2.24) is 14.8 Å². The van der Waals surface area contributed by atoms with E-state index in [4.69, 9.17) is 4.98 Å². The van der Waals surface area contributed by atoms with E-state index in [0.717, 1.165) is 60.7 Å². The van der Waals surface area contributed by atoms with Gasteiger partial charge in [0.15, 0.2) is 5.13 Å². The summed E-state index contributed by atoms with van der Waals surface area (Å²) in [5.41, 5.74) is 5.31. The molecule has 0 radical (unpaired) electrons. The van der Waals surface area contributed by atoms with Gasteiger partial charge in [-0.2, -0.15) is 5.26 Å². The number of aliphatic imine (C=N–C) groups is 1. The van der Waals surface area contributed by atoms with Crippen LogP contribution in [0.1, 0.15) is 51.3 Å². The molecule has 2 aliphatic heterocycles. The van der Waals surface area contributed by atoms with Crippen molar-refractivity contribution in [2.24, 2.45) is 4.99 Å². The molecule has 9 heteroatoms. The number of amides is 1. The SMILES string of the molecule is C=C(C=N/C(=C\C)C1=CN(/C(=C(\C)CC)N(C)c2nc(-c3ccc(F)cc3)c(C#N)s2)C(=C)C=C1)CC(=O)N1CCCC1. The van der Waals surface area contributed by atoms with Gasteiger partial charge in [-0.05, 0) is 80.7 Å². The minimum Gasteiger partial charge on any atom is -0.342 e. The Balaban J connectivity index is 1.61. The number of hydrogen-bond acceptors (Lipinski definition) is 7. The Morgan fingerprint density at radius 1 is 1.26 bits per heavy atom. The Bertz CT molecular complexity index is 1600. The van der Waals surface area contributed by atoms with Gasteiger partial charge in [-0.15, -0.1) is 0 Å². The molecule has 43 heavy (non-hydrogen) atoms. The average Bonchev–Trinajstić information content (AvgIpc) is 3.70. The molecule has 7 nitrogen and oxygen atoms in total. The van der Waals surface area contributed by atoms with Crippen LogP contribution in [0.15, 0.2) is 101 Å². The number of halogens is 1. The number of carbonyl (C=O) groups excluding carboxylic acids is 1. The van der Waals surface area contributed by atoms with Crippen molar-refractivity contribution >= 4 is 28.6 Å². The highest BCUT2D eigenvalue weighted by molar-refractivity contribution is 7.16. The second-order valence-corrected chi connectivity index (χ2v) is 11.4.